The first kappa shape index (κ1) is 14.6. The van der Waals surface area contributed by atoms with Crippen LogP contribution < -0.4 is 10.1 Å². The lowest BCUT2D eigenvalue weighted by atomic mass is 10.2. The lowest BCUT2D eigenvalue weighted by Gasteiger charge is -2.08. The van der Waals surface area contributed by atoms with Gasteiger partial charge in [0.05, 0.1) is 12.3 Å². The molecule has 3 nitrogen and oxygen atoms in total. The molecule has 2 rings (SSSR count). The fraction of sp³-hybridized carbons (Fsp3) is 0.188. The standard InChI is InChI=1S/C16H16BrNO2/c17-14-9-4-5-10-15(14)18-16(19)11-6-12-20-13-7-2-1-3-8-13/h1-5,7-10H,6,11-12H2,(H,18,19). The minimum Gasteiger partial charge on any atom is -0.494 e. The van der Waals surface area contributed by atoms with Crippen molar-refractivity contribution in [2.75, 3.05) is 11.9 Å². The Labute approximate surface area is 127 Å². The second-order valence-electron chi connectivity index (χ2n) is 4.29. The number of para-hydroxylation sites is 2. The molecule has 0 atom stereocenters. The van der Waals surface area contributed by atoms with Crippen molar-refractivity contribution in [3.63, 3.8) is 0 Å². The van der Waals surface area contributed by atoms with Crippen LogP contribution >= 0.6 is 15.9 Å². The van der Waals surface area contributed by atoms with E-state index in [1.165, 1.54) is 0 Å². The Morgan fingerprint density at radius 2 is 1.75 bits per heavy atom. The lowest BCUT2D eigenvalue weighted by molar-refractivity contribution is -0.116. The molecule has 0 aliphatic carbocycles. The van der Waals surface area contributed by atoms with Crippen molar-refractivity contribution in [3.05, 3.63) is 59.1 Å². The van der Waals surface area contributed by atoms with Gasteiger partial charge in [-0.3, -0.25) is 4.79 Å². The van der Waals surface area contributed by atoms with Crippen LogP contribution in [-0.2, 0) is 4.79 Å². The van der Waals surface area contributed by atoms with Gasteiger partial charge in [0.15, 0.2) is 0 Å². The average molecular weight is 334 g/mol. The maximum atomic E-state index is 11.8. The van der Waals surface area contributed by atoms with Gasteiger partial charge in [-0.25, -0.2) is 0 Å². The number of anilines is 1. The molecule has 0 fully saturated rings. The van der Waals surface area contributed by atoms with E-state index in [4.69, 9.17) is 4.74 Å². The van der Waals surface area contributed by atoms with Crippen LogP contribution in [0.3, 0.4) is 0 Å². The van der Waals surface area contributed by atoms with E-state index in [0.29, 0.717) is 19.4 Å². The van der Waals surface area contributed by atoms with Gasteiger partial charge in [-0.2, -0.15) is 0 Å². The van der Waals surface area contributed by atoms with Gasteiger partial charge in [-0.1, -0.05) is 30.3 Å². The van der Waals surface area contributed by atoms with Crippen molar-refractivity contribution in [3.8, 4) is 5.75 Å². The van der Waals surface area contributed by atoms with E-state index in [-0.39, 0.29) is 5.91 Å². The van der Waals surface area contributed by atoms with Crippen molar-refractivity contribution in [1.29, 1.82) is 0 Å². The highest BCUT2D eigenvalue weighted by Gasteiger charge is 2.04. The first-order valence-electron chi connectivity index (χ1n) is 6.48. The average Bonchev–Trinajstić information content (AvgIpc) is 2.47. The summed E-state index contributed by atoms with van der Waals surface area (Å²) >= 11 is 3.40. The quantitative estimate of drug-likeness (QED) is 0.802. The molecule has 0 bridgehead atoms. The molecule has 1 amide bonds. The van der Waals surface area contributed by atoms with Gasteiger partial charge in [0.25, 0.3) is 0 Å². The van der Waals surface area contributed by atoms with E-state index in [9.17, 15) is 4.79 Å². The summed E-state index contributed by atoms with van der Waals surface area (Å²) in [5.41, 5.74) is 0.793. The molecule has 0 saturated carbocycles. The smallest absolute Gasteiger partial charge is 0.224 e. The van der Waals surface area contributed by atoms with Gasteiger partial charge in [0, 0.05) is 10.9 Å². The van der Waals surface area contributed by atoms with Crippen LogP contribution in [0.2, 0.25) is 0 Å². The molecule has 0 radical (unpaired) electrons. The zero-order chi connectivity index (χ0) is 14.2. The van der Waals surface area contributed by atoms with Crippen LogP contribution in [-0.4, -0.2) is 12.5 Å². The van der Waals surface area contributed by atoms with Crippen LogP contribution in [0.15, 0.2) is 59.1 Å². The summed E-state index contributed by atoms with van der Waals surface area (Å²) in [5.74, 6) is 0.826. The number of hydrogen-bond acceptors (Lipinski definition) is 2. The van der Waals surface area contributed by atoms with Crippen LogP contribution in [0.25, 0.3) is 0 Å². The summed E-state index contributed by atoms with van der Waals surface area (Å²) in [6, 6.07) is 17.2. The highest BCUT2D eigenvalue weighted by molar-refractivity contribution is 9.10. The Balaban J connectivity index is 1.69. The Bertz CT molecular complexity index is 557. The molecule has 2 aromatic carbocycles. The zero-order valence-electron chi connectivity index (χ0n) is 11.0. The Morgan fingerprint density at radius 1 is 1.05 bits per heavy atom. The molecule has 104 valence electrons. The Kier molecular flexibility index (Phi) is 5.62. The molecule has 0 aliphatic rings. The van der Waals surface area contributed by atoms with Crippen molar-refractivity contribution in [2.45, 2.75) is 12.8 Å². The lowest BCUT2D eigenvalue weighted by Crippen LogP contribution is -2.13. The predicted molar refractivity (Wildman–Crippen MR) is 83.9 cm³/mol. The van der Waals surface area contributed by atoms with E-state index in [2.05, 4.69) is 21.2 Å². The maximum Gasteiger partial charge on any atom is 0.224 e. The number of benzene rings is 2. The molecule has 4 heteroatoms. The van der Waals surface area contributed by atoms with Gasteiger partial charge >= 0.3 is 0 Å². The van der Waals surface area contributed by atoms with Gasteiger partial charge in [-0.15, -0.1) is 0 Å². The van der Waals surface area contributed by atoms with Crippen LogP contribution in [0, 0.1) is 0 Å². The highest BCUT2D eigenvalue weighted by Crippen LogP contribution is 2.21. The maximum absolute atomic E-state index is 11.8. The molecule has 0 saturated heterocycles. The van der Waals surface area contributed by atoms with Crippen molar-refractivity contribution in [1.82, 2.24) is 0 Å². The van der Waals surface area contributed by atoms with Crippen LogP contribution in [0.4, 0.5) is 5.69 Å². The summed E-state index contributed by atoms with van der Waals surface area (Å²) in [6.07, 6.45) is 1.12. The van der Waals surface area contributed by atoms with Crippen LogP contribution in [0.1, 0.15) is 12.8 Å². The molecule has 0 aliphatic heterocycles. The first-order valence-corrected chi connectivity index (χ1v) is 7.27. The van der Waals surface area contributed by atoms with Gasteiger partial charge in [0.2, 0.25) is 5.91 Å². The number of hydrogen-bond donors (Lipinski definition) is 1. The fourth-order valence-electron chi connectivity index (χ4n) is 1.71. The molecule has 20 heavy (non-hydrogen) atoms. The number of carbonyl (C=O) groups is 1. The van der Waals surface area contributed by atoms with Gasteiger partial charge in [-0.05, 0) is 46.6 Å². The first-order chi connectivity index (χ1) is 9.75. The third-order valence-electron chi connectivity index (χ3n) is 2.71. The summed E-state index contributed by atoms with van der Waals surface area (Å²) in [6.45, 7) is 0.535. The molecular weight excluding hydrogens is 318 g/mol. The predicted octanol–water partition coefficient (Wildman–Crippen LogP) is 4.25. The summed E-state index contributed by atoms with van der Waals surface area (Å²) in [7, 11) is 0. The van der Waals surface area contributed by atoms with E-state index >= 15 is 0 Å². The third-order valence-corrected chi connectivity index (χ3v) is 3.40. The Morgan fingerprint density at radius 3 is 2.50 bits per heavy atom. The number of carbonyl (C=O) groups excluding carboxylic acids is 1. The number of nitrogens with one attached hydrogen (secondary N) is 1. The zero-order valence-corrected chi connectivity index (χ0v) is 12.6. The number of ether oxygens (including phenoxy) is 1. The minimum absolute atomic E-state index is 0.00596. The molecule has 0 heterocycles. The van der Waals surface area contributed by atoms with Crippen LogP contribution in [0.5, 0.6) is 5.75 Å². The normalized spacial score (nSPS) is 10.1. The van der Waals surface area contributed by atoms with Gasteiger partial charge in [0.1, 0.15) is 5.75 Å². The molecule has 0 aromatic heterocycles. The van der Waals surface area contributed by atoms with E-state index in [0.717, 1.165) is 15.9 Å². The number of rotatable bonds is 6. The molecule has 1 N–H and O–H groups in total. The number of halogens is 1. The highest BCUT2D eigenvalue weighted by atomic mass is 79.9. The van der Waals surface area contributed by atoms with Crippen molar-refractivity contribution < 1.29 is 9.53 Å². The number of amides is 1. The summed E-state index contributed by atoms with van der Waals surface area (Å²) < 4.78 is 6.42. The second kappa shape index (κ2) is 7.70. The Hall–Kier alpha value is -1.81. The summed E-state index contributed by atoms with van der Waals surface area (Å²) in [4.78, 5) is 11.8. The topological polar surface area (TPSA) is 38.3 Å². The van der Waals surface area contributed by atoms with Crippen molar-refractivity contribution >= 4 is 27.5 Å². The monoisotopic (exact) mass is 333 g/mol. The van der Waals surface area contributed by atoms with Gasteiger partial charge < -0.3 is 10.1 Å². The SMILES string of the molecule is O=C(CCCOc1ccccc1)Nc1ccccc1Br. The van der Waals surface area contributed by atoms with Crippen molar-refractivity contribution in [2.24, 2.45) is 0 Å². The molecular formula is C16H16BrNO2. The largest absolute Gasteiger partial charge is 0.494 e. The van der Waals surface area contributed by atoms with E-state index in [1.807, 2.05) is 54.6 Å². The molecule has 0 unspecified atom stereocenters. The molecule has 2 aromatic rings. The fourth-order valence-corrected chi connectivity index (χ4v) is 2.10. The molecule has 0 spiro atoms. The minimum atomic E-state index is -0.00596. The van der Waals surface area contributed by atoms with E-state index in [1.54, 1.807) is 0 Å². The second-order valence-corrected chi connectivity index (χ2v) is 5.15. The third kappa shape index (κ3) is 4.70. The summed E-state index contributed by atoms with van der Waals surface area (Å²) in [5, 5.41) is 2.87. The van der Waals surface area contributed by atoms with E-state index < -0.39 is 0 Å².